The molecule has 1 aliphatic rings. The third-order valence-corrected chi connectivity index (χ3v) is 8.79. The predicted molar refractivity (Wildman–Crippen MR) is 115 cm³/mol. The quantitative estimate of drug-likeness (QED) is 0.348. The fourth-order valence-corrected chi connectivity index (χ4v) is 7.20. The molecule has 0 amide bonds. The Hall–Kier alpha value is -2.62. The third-order valence-electron chi connectivity index (χ3n) is 4.98. The fourth-order valence-electron chi connectivity index (χ4n) is 3.68. The molecule has 0 bridgehead atoms. The van der Waals surface area contributed by atoms with E-state index in [1.165, 1.54) is 25.8 Å². The van der Waals surface area contributed by atoms with Crippen molar-refractivity contribution in [3.05, 3.63) is 114 Å². The van der Waals surface area contributed by atoms with Gasteiger partial charge in [0.2, 0.25) is 0 Å². The molecule has 0 saturated heterocycles. The molecule has 0 N–H and O–H groups in total. The number of hydrogen-bond donors (Lipinski definition) is 0. The average molecular weight is 400 g/mol. The van der Waals surface area contributed by atoms with Gasteiger partial charge in [-0.1, -0.05) is 54.6 Å². The Morgan fingerprint density at radius 2 is 1.14 bits per heavy atom. The number of rotatable bonds is 3. The molecule has 136 valence electrons. The van der Waals surface area contributed by atoms with Crippen molar-refractivity contribution in [2.75, 3.05) is 0 Å². The van der Waals surface area contributed by atoms with Crippen LogP contribution >= 0.6 is 0 Å². The van der Waals surface area contributed by atoms with Crippen molar-refractivity contribution >= 4 is 21.7 Å². The Morgan fingerprint density at radius 3 is 1.82 bits per heavy atom. The summed E-state index contributed by atoms with van der Waals surface area (Å²) >= 11 is 0. The smallest absolute Gasteiger partial charge is 0.166 e. The van der Waals surface area contributed by atoms with E-state index in [9.17, 15) is 4.21 Å². The lowest BCUT2D eigenvalue weighted by atomic mass is 10.0. The van der Waals surface area contributed by atoms with Crippen LogP contribution in [0, 0.1) is 0 Å². The molecule has 0 saturated carbocycles. The van der Waals surface area contributed by atoms with Crippen molar-refractivity contribution in [2.45, 2.75) is 30.9 Å². The average Bonchev–Trinajstić information content (AvgIpc) is 2.76. The first-order valence-electron chi connectivity index (χ1n) is 9.28. The monoisotopic (exact) mass is 399 g/mol. The summed E-state index contributed by atoms with van der Waals surface area (Å²) in [5.74, 6) is 0. The van der Waals surface area contributed by atoms with E-state index in [4.69, 9.17) is 0 Å². The second-order valence-corrected chi connectivity index (χ2v) is 10.2. The maximum absolute atomic E-state index is 13.0. The normalized spacial score (nSPS) is 15.1. The molecule has 28 heavy (non-hydrogen) atoms. The second-order valence-electron chi connectivity index (χ2n) is 6.76. The van der Waals surface area contributed by atoms with Gasteiger partial charge in [-0.05, 0) is 59.7 Å². The molecule has 5 rings (SSSR count). The predicted octanol–water partition coefficient (Wildman–Crippen LogP) is 5.85. The van der Waals surface area contributed by atoms with E-state index in [2.05, 4.69) is 84.9 Å². The van der Waals surface area contributed by atoms with Crippen LogP contribution in [-0.2, 0) is 28.1 Å². The number of hydrogen-bond acceptors (Lipinski definition) is 1. The second kappa shape index (κ2) is 7.42. The van der Waals surface area contributed by atoms with E-state index >= 15 is 0 Å². The lowest BCUT2D eigenvalue weighted by molar-refractivity contribution is 0.679. The molecule has 1 aliphatic heterocycles. The Morgan fingerprint density at radius 1 is 0.571 bits per heavy atom. The summed E-state index contributed by atoms with van der Waals surface area (Å²) in [7, 11) is -1.28. The van der Waals surface area contributed by atoms with E-state index in [1.807, 2.05) is 18.2 Å². The highest BCUT2D eigenvalue weighted by molar-refractivity contribution is 7.97. The van der Waals surface area contributed by atoms with Crippen molar-refractivity contribution in [3.63, 3.8) is 0 Å². The Bertz CT molecular complexity index is 1110. The van der Waals surface area contributed by atoms with E-state index in [1.54, 1.807) is 0 Å². The zero-order chi connectivity index (χ0) is 18.9. The third kappa shape index (κ3) is 3.11. The first kappa shape index (κ1) is 17.5. The molecule has 0 aliphatic carbocycles. The van der Waals surface area contributed by atoms with Crippen LogP contribution < -0.4 is 0 Å². The van der Waals surface area contributed by atoms with Crippen molar-refractivity contribution in [1.82, 2.24) is 0 Å². The first-order chi connectivity index (χ1) is 13.8. The zero-order valence-corrected chi connectivity index (χ0v) is 16.9. The summed E-state index contributed by atoms with van der Waals surface area (Å²) in [6.45, 7) is 0. The molecule has 1 unspecified atom stereocenters. The summed E-state index contributed by atoms with van der Waals surface area (Å²) in [6, 6.07) is 35.9. The van der Waals surface area contributed by atoms with Gasteiger partial charge in [0.15, 0.2) is 14.7 Å². The molecule has 0 fully saturated rings. The highest BCUT2D eigenvalue weighted by atomic mass is 32.2. The minimum Gasteiger partial charge on any atom is -0.249 e. The Kier molecular flexibility index (Phi) is 4.63. The van der Waals surface area contributed by atoms with Gasteiger partial charge in [-0.2, -0.15) is 0 Å². The molecule has 0 aromatic heterocycles. The largest absolute Gasteiger partial charge is 0.249 e. The van der Waals surface area contributed by atoms with Crippen molar-refractivity contribution < 1.29 is 4.21 Å². The Labute approximate surface area is 170 Å². The van der Waals surface area contributed by atoms with Crippen LogP contribution in [0.4, 0.5) is 0 Å². The fraction of sp³-hybridized carbons (Fsp3) is 0.0400. The van der Waals surface area contributed by atoms with Crippen LogP contribution in [0.2, 0.25) is 0 Å². The van der Waals surface area contributed by atoms with E-state index in [0.29, 0.717) is 0 Å². The summed E-state index contributed by atoms with van der Waals surface area (Å²) in [5.41, 5.74) is 2.35. The summed E-state index contributed by atoms with van der Waals surface area (Å²) < 4.78 is 13.0. The van der Waals surface area contributed by atoms with Crippen LogP contribution in [0.5, 0.6) is 0 Å². The van der Waals surface area contributed by atoms with Crippen LogP contribution in [0.1, 0.15) is 11.1 Å². The van der Waals surface area contributed by atoms with E-state index < -0.39 is 10.8 Å². The topological polar surface area (TPSA) is 17.1 Å². The van der Waals surface area contributed by atoms with Gasteiger partial charge in [0.1, 0.15) is 0 Å². The summed E-state index contributed by atoms with van der Waals surface area (Å²) in [4.78, 5) is 5.77. The molecular weight excluding hydrogens is 380 g/mol. The first-order valence-corrected chi connectivity index (χ1v) is 11.7. The van der Waals surface area contributed by atoms with E-state index in [0.717, 1.165) is 16.2 Å². The molecule has 4 aromatic carbocycles. The maximum atomic E-state index is 13.0. The van der Waals surface area contributed by atoms with Gasteiger partial charge in [0.25, 0.3) is 0 Å². The van der Waals surface area contributed by atoms with Gasteiger partial charge >= 0.3 is 0 Å². The standard InChI is InChI=1S/C25H19OS2/c26-28-24-14-8-7-9-19(24)17-20-18-23(15-16-25(20)28)27(21-10-3-1-4-11-21)22-12-5-2-6-13-22/h1-16,18H,17H2/q+1. The van der Waals surface area contributed by atoms with Gasteiger partial charge < -0.3 is 0 Å². The lowest BCUT2D eigenvalue weighted by Gasteiger charge is -2.19. The molecule has 3 heteroatoms. The highest BCUT2D eigenvalue weighted by Gasteiger charge is 2.31. The summed E-state index contributed by atoms with van der Waals surface area (Å²) in [5, 5.41) is 0. The minimum absolute atomic E-state index is 0.181. The van der Waals surface area contributed by atoms with Crippen molar-refractivity contribution in [3.8, 4) is 0 Å². The maximum Gasteiger partial charge on any atom is 0.166 e. The lowest BCUT2D eigenvalue weighted by Crippen LogP contribution is -2.11. The van der Waals surface area contributed by atoms with Gasteiger partial charge in [-0.25, -0.2) is 4.21 Å². The van der Waals surface area contributed by atoms with Crippen LogP contribution in [-0.4, -0.2) is 4.21 Å². The van der Waals surface area contributed by atoms with Crippen molar-refractivity contribution in [2.24, 2.45) is 0 Å². The molecule has 1 atom stereocenters. The number of fused-ring (bicyclic) bond motifs is 2. The molecule has 0 spiro atoms. The van der Waals surface area contributed by atoms with Gasteiger partial charge in [-0.15, -0.1) is 0 Å². The van der Waals surface area contributed by atoms with Gasteiger partial charge in [0, 0.05) is 16.2 Å². The van der Waals surface area contributed by atoms with Crippen LogP contribution in [0.3, 0.4) is 0 Å². The molecule has 1 heterocycles. The SMILES string of the molecule is O=S1c2ccccc2Cc2cc([S+](c3ccccc3)c3ccccc3)ccc21. The Balaban J connectivity index is 1.64. The molecule has 1 nitrogen and oxygen atoms in total. The minimum atomic E-state index is -1.10. The summed E-state index contributed by atoms with van der Waals surface area (Å²) in [6.07, 6.45) is 0.839. The highest BCUT2D eigenvalue weighted by Crippen LogP contribution is 2.36. The van der Waals surface area contributed by atoms with Gasteiger partial charge in [-0.3, -0.25) is 0 Å². The molecular formula is C25H19OS2+. The van der Waals surface area contributed by atoms with Crippen LogP contribution in [0.15, 0.2) is 128 Å². The zero-order valence-electron chi connectivity index (χ0n) is 15.2. The van der Waals surface area contributed by atoms with Gasteiger partial charge in [0.05, 0.1) is 21.7 Å². The van der Waals surface area contributed by atoms with E-state index in [-0.39, 0.29) is 10.9 Å². The molecule has 4 aromatic rings. The van der Waals surface area contributed by atoms with Crippen LogP contribution in [0.25, 0.3) is 0 Å². The van der Waals surface area contributed by atoms with Crippen molar-refractivity contribution in [1.29, 1.82) is 0 Å². The molecule has 0 radical (unpaired) electrons. The number of benzene rings is 4.